The molecule has 0 bridgehead atoms. The summed E-state index contributed by atoms with van der Waals surface area (Å²) in [6.07, 6.45) is 4.25. The van der Waals surface area contributed by atoms with Gasteiger partial charge in [0.2, 0.25) is 0 Å². The van der Waals surface area contributed by atoms with Crippen molar-refractivity contribution in [2.24, 2.45) is 0 Å². The molecule has 0 saturated heterocycles. The number of hydrogen-bond acceptors (Lipinski definition) is 8. The van der Waals surface area contributed by atoms with Crippen LogP contribution in [0.25, 0.3) is 28.0 Å². The van der Waals surface area contributed by atoms with Crippen LogP contribution in [-0.4, -0.2) is 35.8 Å². The van der Waals surface area contributed by atoms with E-state index in [0.29, 0.717) is 28.1 Å². The molecule has 0 saturated carbocycles. The molecule has 1 aromatic carbocycles. The van der Waals surface area contributed by atoms with Gasteiger partial charge >= 0.3 is 5.69 Å². The summed E-state index contributed by atoms with van der Waals surface area (Å²) in [7, 11) is 0. The van der Waals surface area contributed by atoms with E-state index in [1.807, 2.05) is 0 Å². The highest BCUT2D eigenvalue weighted by molar-refractivity contribution is 6.36. The number of nitrogens with two attached hydrogens (primary N) is 1. The molecule has 5 rings (SSSR count). The minimum Gasteiger partial charge on any atom is -0.380 e. The standard InChI is InChI=1S/C20H12Cl2N8O3/c21-11-6-9(30-8-26-28-20(30)32)3-4-10(11)19(31)27-13-2-1-5-24-15(13)16-17-14(12(22)7-25-16)18(23)29-33-17/h1-8H,(H2,23,29)(H,27,31)(H,28,32). The Labute approximate surface area is 194 Å². The number of carbonyl (C=O) groups is 1. The number of hydrogen-bond donors (Lipinski definition) is 3. The van der Waals surface area contributed by atoms with Crippen LogP contribution in [0.1, 0.15) is 10.4 Å². The molecule has 5 aromatic rings. The van der Waals surface area contributed by atoms with Crippen LogP contribution in [0.3, 0.4) is 0 Å². The van der Waals surface area contributed by atoms with Gasteiger partial charge in [-0.15, -0.1) is 0 Å². The first-order valence-corrected chi connectivity index (χ1v) is 10.1. The number of aromatic nitrogens is 6. The number of nitrogen functional groups attached to an aromatic ring is 1. The summed E-state index contributed by atoms with van der Waals surface area (Å²) in [6.45, 7) is 0. The van der Waals surface area contributed by atoms with Crippen molar-refractivity contribution in [3.05, 3.63) is 75.1 Å². The molecule has 33 heavy (non-hydrogen) atoms. The molecule has 0 aliphatic rings. The lowest BCUT2D eigenvalue weighted by Gasteiger charge is -2.11. The predicted octanol–water partition coefficient (Wildman–Crippen LogP) is 3.30. The number of fused-ring (bicyclic) bond motifs is 1. The number of nitrogens with one attached hydrogen (secondary N) is 2. The van der Waals surface area contributed by atoms with Crippen molar-refractivity contribution in [1.29, 1.82) is 0 Å². The number of H-pyrrole nitrogens is 1. The topological polar surface area (TPSA) is 158 Å². The summed E-state index contributed by atoms with van der Waals surface area (Å²) < 4.78 is 6.56. The quantitative estimate of drug-likeness (QED) is 0.351. The molecular formula is C20H12Cl2N8O3. The van der Waals surface area contributed by atoms with Crippen LogP contribution in [0.5, 0.6) is 0 Å². The van der Waals surface area contributed by atoms with Crippen molar-refractivity contribution < 1.29 is 9.32 Å². The van der Waals surface area contributed by atoms with Gasteiger partial charge in [0.25, 0.3) is 5.91 Å². The molecule has 0 aliphatic carbocycles. The fourth-order valence-corrected chi connectivity index (χ4v) is 3.75. The van der Waals surface area contributed by atoms with Crippen LogP contribution >= 0.6 is 23.2 Å². The molecule has 4 N–H and O–H groups in total. The Balaban J connectivity index is 1.51. The average molecular weight is 483 g/mol. The van der Waals surface area contributed by atoms with E-state index in [2.05, 4.69) is 30.6 Å². The maximum Gasteiger partial charge on any atom is 0.347 e. The van der Waals surface area contributed by atoms with Crippen molar-refractivity contribution in [1.82, 2.24) is 29.9 Å². The van der Waals surface area contributed by atoms with Crippen LogP contribution in [-0.2, 0) is 0 Å². The number of amides is 1. The van der Waals surface area contributed by atoms with Crippen molar-refractivity contribution in [2.45, 2.75) is 0 Å². The lowest BCUT2D eigenvalue weighted by Crippen LogP contribution is -2.16. The van der Waals surface area contributed by atoms with E-state index in [-0.39, 0.29) is 27.0 Å². The van der Waals surface area contributed by atoms with Crippen LogP contribution in [0.2, 0.25) is 10.0 Å². The lowest BCUT2D eigenvalue weighted by molar-refractivity contribution is 0.102. The first kappa shape index (κ1) is 20.7. The number of aromatic amines is 1. The fraction of sp³-hybridized carbons (Fsp3) is 0. The van der Waals surface area contributed by atoms with Crippen LogP contribution in [0.15, 0.2) is 58.4 Å². The van der Waals surface area contributed by atoms with Gasteiger partial charge in [0.1, 0.15) is 17.7 Å². The second-order valence-electron chi connectivity index (χ2n) is 6.78. The molecule has 4 aromatic heterocycles. The zero-order valence-corrected chi connectivity index (χ0v) is 17.9. The van der Waals surface area contributed by atoms with Crippen molar-refractivity contribution in [3.63, 3.8) is 0 Å². The maximum atomic E-state index is 13.0. The van der Waals surface area contributed by atoms with Crippen molar-refractivity contribution in [3.8, 4) is 17.1 Å². The number of benzene rings is 1. The molecule has 1 amide bonds. The molecule has 0 radical (unpaired) electrons. The third kappa shape index (κ3) is 3.58. The third-order valence-corrected chi connectivity index (χ3v) is 5.39. The van der Waals surface area contributed by atoms with E-state index in [1.54, 1.807) is 18.2 Å². The van der Waals surface area contributed by atoms with Gasteiger partial charge in [-0.05, 0) is 30.3 Å². The average Bonchev–Trinajstić information content (AvgIpc) is 3.41. The molecule has 0 aliphatic heterocycles. The summed E-state index contributed by atoms with van der Waals surface area (Å²) in [4.78, 5) is 33.4. The molecule has 13 heteroatoms. The Morgan fingerprint density at radius 1 is 1.15 bits per heavy atom. The van der Waals surface area contributed by atoms with E-state index < -0.39 is 11.6 Å². The van der Waals surface area contributed by atoms with Gasteiger partial charge in [-0.3, -0.25) is 9.78 Å². The zero-order valence-electron chi connectivity index (χ0n) is 16.4. The molecular weight excluding hydrogens is 471 g/mol. The largest absolute Gasteiger partial charge is 0.380 e. The Bertz CT molecular complexity index is 1590. The summed E-state index contributed by atoms with van der Waals surface area (Å²) in [5.74, 6) is -0.383. The molecule has 0 spiro atoms. The van der Waals surface area contributed by atoms with E-state index >= 15 is 0 Å². The molecule has 164 valence electrons. The summed E-state index contributed by atoms with van der Waals surface area (Å²) in [5, 5.41) is 13.3. The minimum atomic E-state index is -0.498. The van der Waals surface area contributed by atoms with Crippen LogP contribution in [0, 0.1) is 0 Å². The first-order chi connectivity index (χ1) is 15.9. The monoisotopic (exact) mass is 482 g/mol. The Morgan fingerprint density at radius 3 is 2.76 bits per heavy atom. The van der Waals surface area contributed by atoms with E-state index in [4.69, 9.17) is 33.5 Å². The summed E-state index contributed by atoms with van der Waals surface area (Å²) in [6, 6.07) is 7.85. The van der Waals surface area contributed by atoms with Gasteiger partial charge in [-0.1, -0.05) is 28.4 Å². The number of rotatable bonds is 4. The highest BCUT2D eigenvalue weighted by Gasteiger charge is 2.21. The van der Waals surface area contributed by atoms with Crippen LogP contribution in [0.4, 0.5) is 11.5 Å². The SMILES string of the molecule is Nc1noc2c(-c3ncccc3NC(=O)c3ccc(-n4cn[nH]c4=O)cc3Cl)ncc(Cl)c12. The number of carbonyl (C=O) groups excluding carboxylic acids is 1. The number of nitrogens with zero attached hydrogens (tertiary/aromatic N) is 5. The van der Waals surface area contributed by atoms with Gasteiger partial charge in [0.05, 0.1) is 32.4 Å². The zero-order chi connectivity index (χ0) is 23.1. The maximum absolute atomic E-state index is 13.0. The molecule has 11 nitrogen and oxygen atoms in total. The number of pyridine rings is 2. The Hall–Kier alpha value is -4.22. The summed E-state index contributed by atoms with van der Waals surface area (Å²) in [5.41, 5.74) is 7.25. The number of halogens is 2. The Kier molecular flexibility index (Phi) is 5.04. The van der Waals surface area contributed by atoms with Crippen molar-refractivity contribution >= 4 is 51.6 Å². The highest BCUT2D eigenvalue weighted by atomic mass is 35.5. The number of anilines is 2. The molecule has 0 fully saturated rings. The highest BCUT2D eigenvalue weighted by Crippen LogP contribution is 2.36. The smallest absolute Gasteiger partial charge is 0.347 e. The third-order valence-electron chi connectivity index (χ3n) is 4.79. The normalized spacial score (nSPS) is 11.1. The molecule has 0 atom stereocenters. The first-order valence-electron chi connectivity index (χ1n) is 9.32. The fourth-order valence-electron chi connectivity index (χ4n) is 3.26. The predicted molar refractivity (Wildman–Crippen MR) is 122 cm³/mol. The van der Waals surface area contributed by atoms with Gasteiger partial charge in [0, 0.05) is 12.4 Å². The molecule has 0 unspecified atom stereocenters. The molecule has 4 heterocycles. The second-order valence-corrected chi connectivity index (χ2v) is 7.59. The minimum absolute atomic E-state index is 0.115. The van der Waals surface area contributed by atoms with Gasteiger partial charge < -0.3 is 15.6 Å². The lowest BCUT2D eigenvalue weighted by atomic mass is 10.1. The summed E-state index contributed by atoms with van der Waals surface area (Å²) >= 11 is 12.5. The second kappa shape index (κ2) is 8.04. The van der Waals surface area contributed by atoms with Gasteiger partial charge in [-0.25, -0.2) is 19.4 Å². The van der Waals surface area contributed by atoms with E-state index in [1.165, 1.54) is 35.4 Å². The van der Waals surface area contributed by atoms with Crippen molar-refractivity contribution in [2.75, 3.05) is 11.1 Å². The van der Waals surface area contributed by atoms with E-state index in [0.717, 1.165) is 0 Å². The van der Waals surface area contributed by atoms with Gasteiger partial charge in [-0.2, -0.15) is 5.10 Å². The van der Waals surface area contributed by atoms with Gasteiger partial charge in [0.15, 0.2) is 11.4 Å². The van der Waals surface area contributed by atoms with Crippen LogP contribution < -0.4 is 16.7 Å². The Morgan fingerprint density at radius 2 is 2.00 bits per heavy atom. The van der Waals surface area contributed by atoms with E-state index in [9.17, 15) is 9.59 Å².